The predicted octanol–water partition coefficient (Wildman–Crippen LogP) is 1.54. The van der Waals surface area contributed by atoms with Crippen LogP contribution in [-0.2, 0) is 4.79 Å². The molecule has 0 bridgehead atoms. The lowest BCUT2D eigenvalue weighted by atomic mass is 9.97. The van der Waals surface area contributed by atoms with Crippen molar-refractivity contribution >= 4 is 5.91 Å². The first-order valence-electron chi connectivity index (χ1n) is 6.07. The van der Waals surface area contributed by atoms with Crippen LogP contribution in [0.5, 0.6) is 0 Å². The smallest absolute Gasteiger partial charge is 0.341 e. The Morgan fingerprint density at radius 3 is 2.59 bits per heavy atom. The molecule has 1 amide bonds. The van der Waals surface area contributed by atoms with Crippen molar-refractivity contribution in [3.63, 3.8) is 0 Å². The van der Waals surface area contributed by atoms with Gasteiger partial charge in [-0.25, -0.2) is 0 Å². The molecule has 0 spiro atoms. The predicted molar refractivity (Wildman–Crippen MR) is 56.4 cm³/mol. The second-order valence-corrected chi connectivity index (χ2v) is 4.81. The summed E-state index contributed by atoms with van der Waals surface area (Å²) in [5.41, 5.74) is 0. The first-order valence-corrected chi connectivity index (χ1v) is 6.07. The highest BCUT2D eigenvalue weighted by Crippen LogP contribution is 2.33. The number of nitrogens with zero attached hydrogens (tertiary/aromatic N) is 1. The zero-order chi connectivity index (χ0) is 12.5. The molecule has 0 aliphatic carbocycles. The molecule has 6 heteroatoms. The van der Waals surface area contributed by atoms with Gasteiger partial charge in [-0.05, 0) is 32.2 Å². The molecule has 0 radical (unpaired) electrons. The Morgan fingerprint density at radius 1 is 1.24 bits per heavy atom. The van der Waals surface area contributed by atoms with Gasteiger partial charge in [-0.3, -0.25) is 4.79 Å². The molecule has 0 saturated carbocycles. The van der Waals surface area contributed by atoms with E-state index >= 15 is 0 Å². The highest BCUT2D eigenvalue weighted by molar-refractivity contribution is 5.82. The molecule has 3 nitrogen and oxygen atoms in total. The van der Waals surface area contributed by atoms with Gasteiger partial charge in [0, 0.05) is 13.1 Å². The summed E-state index contributed by atoms with van der Waals surface area (Å²) in [4.78, 5) is 13.3. The van der Waals surface area contributed by atoms with Gasteiger partial charge in [0.2, 0.25) is 5.91 Å². The van der Waals surface area contributed by atoms with E-state index in [-0.39, 0.29) is 24.9 Å². The molecule has 2 heterocycles. The molecule has 2 aliphatic rings. The van der Waals surface area contributed by atoms with E-state index in [1.807, 2.05) is 0 Å². The SMILES string of the molecule is O=C([C@@H]1CCCN1)N1CCCC(C(F)(F)F)C1. The summed E-state index contributed by atoms with van der Waals surface area (Å²) in [6, 6.07) is -0.262. The van der Waals surface area contributed by atoms with Crippen LogP contribution in [0.3, 0.4) is 0 Å². The van der Waals surface area contributed by atoms with Crippen molar-refractivity contribution < 1.29 is 18.0 Å². The average molecular weight is 250 g/mol. The normalized spacial score (nSPS) is 30.6. The molecule has 2 aliphatic heterocycles. The molecule has 0 aromatic heterocycles. The third-order valence-corrected chi connectivity index (χ3v) is 3.55. The quantitative estimate of drug-likeness (QED) is 0.765. The van der Waals surface area contributed by atoms with Crippen LogP contribution in [0.25, 0.3) is 0 Å². The van der Waals surface area contributed by atoms with Crippen molar-refractivity contribution in [2.45, 2.75) is 37.9 Å². The van der Waals surface area contributed by atoms with Gasteiger partial charge in [0.05, 0.1) is 12.0 Å². The van der Waals surface area contributed by atoms with E-state index in [9.17, 15) is 18.0 Å². The number of piperidine rings is 1. The minimum atomic E-state index is -4.18. The molecule has 1 unspecified atom stereocenters. The molecule has 17 heavy (non-hydrogen) atoms. The third-order valence-electron chi connectivity index (χ3n) is 3.55. The van der Waals surface area contributed by atoms with Gasteiger partial charge in [-0.2, -0.15) is 13.2 Å². The number of carbonyl (C=O) groups is 1. The summed E-state index contributed by atoms with van der Waals surface area (Å²) in [7, 11) is 0. The molecule has 0 aromatic rings. The van der Waals surface area contributed by atoms with Crippen LogP contribution in [0.15, 0.2) is 0 Å². The van der Waals surface area contributed by atoms with Crippen molar-refractivity contribution in [1.29, 1.82) is 0 Å². The van der Waals surface area contributed by atoms with Gasteiger partial charge in [0.25, 0.3) is 0 Å². The van der Waals surface area contributed by atoms with Gasteiger partial charge in [-0.1, -0.05) is 0 Å². The number of hydrogen-bond donors (Lipinski definition) is 1. The highest BCUT2D eigenvalue weighted by Gasteiger charge is 2.43. The number of carbonyl (C=O) groups excluding carboxylic acids is 1. The lowest BCUT2D eigenvalue weighted by Gasteiger charge is -2.35. The van der Waals surface area contributed by atoms with E-state index in [0.717, 1.165) is 19.4 Å². The maximum Gasteiger partial charge on any atom is 0.393 e. The van der Waals surface area contributed by atoms with Crippen LogP contribution in [0.2, 0.25) is 0 Å². The van der Waals surface area contributed by atoms with Crippen molar-refractivity contribution in [3.8, 4) is 0 Å². The molecule has 0 aromatic carbocycles. The zero-order valence-corrected chi connectivity index (χ0v) is 9.59. The van der Waals surface area contributed by atoms with Crippen molar-refractivity contribution in [2.75, 3.05) is 19.6 Å². The summed E-state index contributed by atoms with van der Waals surface area (Å²) in [5.74, 6) is -1.50. The summed E-state index contributed by atoms with van der Waals surface area (Å²) < 4.78 is 37.8. The Hall–Kier alpha value is -0.780. The monoisotopic (exact) mass is 250 g/mol. The second kappa shape index (κ2) is 4.84. The van der Waals surface area contributed by atoms with E-state index in [4.69, 9.17) is 0 Å². The van der Waals surface area contributed by atoms with Crippen molar-refractivity contribution in [3.05, 3.63) is 0 Å². The van der Waals surface area contributed by atoms with Gasteiger partial charge in [0.15, 0.2) is 0 Å². The molecular formula is C11H17F3N2O. The summed E-state index contributed by atoms with van der Waals surface area (Å²) >= 11 is 0. The zero-order valence-electron chi connectivity index (χ0n) is 9.59. The third kappa shape index (κ3) is 2.91. The maximum absolute atomic E-state index is 12.6. The molecule has 2 rings (SSSR count). The first-order chi connectivity index (χ1) is 7.98. The van der Waals surface area contributed by atoms with Crippen LogP contribution in [-0.4, -0.2) is 42.7 Å². The highest BCUT2D eigenvalue weighted by atomic mass is 19.4. The summed E-state index contributed by atoms with van der Waals surface area (Å²) in [6.45, 7) is 1.08. The van der Waals surface area contributed by atoms with Gasteiger partial charge < -0.3 is 10.2 Å². The number of amides is 1. The fraction of sp³-hybridized carbons (Fsp3) is 0.909. The lowest BCUT2D eigenvalue weighted by molar-refractivity contribution is -0.188. The Balaban J connectivity index is 1.94. The number of rotatable bonds is 1. The fourth-order valence-electron chi connectivity index (χ4n) is 2.56. The van der Waals surface area contributed by atoms with Gasteiger partial charge in [0.1, 0.15) is 0 Å². The van der Waals surface area contributed by atoms with Crippen LogP contribution < -0.4 is 5.32 Å². The Bertz CT molecular complexity index is 287. The molecule has 2 saturated heterocycles. The molecular weight excluding hydrogens is 233 g/mol. The van der Waals surface area contributed by atoms with Gasteiger partial charge in [-0.15, -0.1) is 0 Å². The molecule has 1 N–H and O–H groups in total. The van der Waals surface area contributed by atoms with Crippen LogP contribution >= 0.6 is 0 Å². The Kier molecular flexibility index (Phi) is 3.61. The number of alkyl halides is 3. The van der Waals surface area contributed by atoms with E-state index in [0.29, 0.717) is 13.0 Å². The fourth-order valence-corrected chi connectivity index (χ4v) is 2.56. The van der Waals surface area contributed by atoms with E-state index in [1.165, 1.54) is 4.90 Å². The lowest BCUT2D eigenvalue weighted by Crippen LogP contribution is -2.50. The first kappa shape index (κ1) is 12.7. The summed E-state index contributed by atoms with van der Waals surface area (Å²) in [5, 5.41) is 3.03. The second-order valence-electron chi connectivity index (χ2n) is 4.81. The summed E-state index contributed by atoms with van der Waals surface area (Å²) in [6.07, 6.45) is -1.92. The Morgan fingerprint density at radius 2 is 2.00 bits per heavy atom. The number of hydrogen-bond acceptors (Lipinski definition) is 2. The Labute approximate surface area is 98.3 Å². The van der Waals surface area contributed by atoms with Crippen LogP contribution in [0.4, 0.5) is 13.2 Å². The van der Waals surface area contributed by atoms with Crippen molar-refractivity contribution in [1.82, 2.24) is 10.2 Å². The van der Waals surface area contributed by atoms with Crippen LogP contribution in [0, 0.1) is 5.92 Å². The minimum absolute atomic E-state index is 0.144. The van der Waals surface area contributed by atoms with Gasteiger partial charge >= 0.3 is 6.18 Å². The maximum atomic E-state index is 12.6. The largest absolute Gasteiger partial charge is 0.393 e. The standard InChI is InChI=1S/C11H17F3N2O/c12-11(13,14)8-3-2-6-16(7-8)10(17)9-4-1-5-15-9/h8-9,15H,1-7H2/t8?,9-/m0/s1. The number of halogens is 3. The van der Waals surface area contributed by atoms with E-state index < -0.39 is 12.1 Å². The number of nitrogens with one attached hydrogen (secondary N) is 1. The van der Waals surface area contributed by atoms with E-state index in [1.54, 1.807) is 0 Å². The topological polar surface area (TPSA) is 32.3 Å². The number of likely N-dealkylation sites (tertiary alicyclic amines) is 1. The molecule has 2 fully saturated rings. The van der Waals surface area contributed by atoms with Crippen molar-refractivity contribution in [2.24, 2.45) is 5.92 Å². The molecule has 98 valence electrons. The van der Waals surface area contributed by atoms with Crippen LogP contribution in [0.1, 0.15) is 25.7 Å². The average Bonchev–Trinajstić information content (AvgIpc) is 2.80. The van der Waals surface area contributed by atoms with E-state index in [2.05, 4.69) is 5.32 Å². The minimum Gasteiger partial charge on any atom is -0.341 e. The molecule has 2 atom stereocenters.